The molecule has 0 spiro atoms. The van der Waals surface area contributed by atoms with Crippen molar-refractivity contribution in [3.8, 4) is 0 Å². The van der Waals surface area contributed by atoms with Gasteiger partial charge in [-0.15, -0.1) is 0 Å². The summed E-state index contributed by atoms with van der Waals surface area (Å²) in [7, 11) is 3.78. The Labute approximate surface area is 127 Å². The van der Waals surface area contributed by atoms with Crippen molar-refractivity contribution in [3.63, 3.8) is 0 Å². The third-order valence-electron chi connectivity index (χ3n) is 2.23. The van der Waals surface area contributed by atoms with E-state index in [1.807, 2.05) is 32.0 Å². The smallest absolute Gasteiger partial charge is 0.230 e. The molecule has 1 N–H and O–H groups in total. The molecule has 0 saturated carbocycles. The third-order valence-corrected chi connectivity index (χ3v) is 3.27. The maximum Gasteiger partial charge on any atom is 0.230 e. The van der Waals surface area contributed by atoms with Gasteiger partial charge in [-0.25, -0.2) is 4.98 Å². The Morgan fingerprint density at radius 2 is 2.05 bits per heavy atom. The minimum atomic E-state index is 0.558. The van der Waals surface area contributed by atoms with Crippen LogP contribution in [0.4, 0.5) is 11.9 Å². The predicted molar refractivity (Wildman–Crippen MR) is 81.7 cm³/mol. The van der Waals surface area contributed by atoms with E-state index >= 15 is 0 Å². The van der Waals surface area contributed by atoms with E-state index in [9.17, 15) is 0 Å². The molecule has 0 saturated heterocycles. The van der Waals surface area contributed by atoms with Gasteiger partial charge in [0.05, 0.1) is 5.02 Å². The van der Waals surface area contributed by atoms with Crippen LogP contribution >= 0.6 is 23.4 Å². The summed E-state index contributed by atoms with van der Waals surface area (Å²) >= 11 is 7.19. The molecule has 20 heavy (non-hydrogen) atoms. The topological polar surface area (TPSA) is 66.8 Å². The van der Waals surface area contributed by atoms with E-state index in [0.29, 0.717) is 22.1 Å². The first kappa shape index (κ1) is 14.8. The Balaban J connectivity index is 2.27. The molecular formula is C12H15ClN6S. The number of pyridine rings is 1. The number of nitrogens with one attached hydrogen (secondary N) is 1. The average molecular weight is 311 g/mol. The number of nitrogens with zero attached hydrogens (tertiary/aromatic N) is 5. The van der Waals surface area contributed by atoms with Crippen LogP contribution in [0.3, 0.4) is 0 Å². The van der Waals surface area contributed by atoms with Crippen molar-refractivity contribution in [2.24, 2.45) is 0 Å². The second-order valence-electron chi connectivity index (χ2n) is 4.08. The van der Waals surface area contributed by atoms with Crippen molar-refractivity contribution in [1.29, 1.82) is 0 Å². The van der Waals surface area contributed by atoms with Crippen molar-refractivity contribution in [2.45, 2.75) is 17.1 Å². The zero-order valence-electron chi connectivity index (χ0n) is 11.5. The van der Waals surface area contributed by atoms with Gasteiger partial charge in [0.15, 0.2) is 0 Å². The first-order chi connectivity index (χ1) is 9.58. The third kappa shape index (κ3) is 3.94. The molecule has 0 atom stereocenters. The molecule has 0 bridgehead atoms. The van der Waals surface area contributed by atoms with Gasteiger partial charge in [0.2, 0.25) is 17.1 Å². The number of hydrogen-bond donors (Lipinski definition) is 1. The summed E-state index contributed by atoms with van der Waals surface area (Å²) < 4.78 is 0. The lowest BCUT2D eigenvalue weighted by Gasteiger charge is -2.12. The molecule has 2 rings (SSSR count). The van der Waals surface area contributed by atoms with E-state index in [-0.39, 0.29) is 0 Å². The summed E-state index contributed by atoms with van der Waals surface area (Å²) in [5.41, 5.74) is 0. The molecule has 0 aliphatic carbocycles. The van der Waals surface area contributed by atoms with Crippen LogP contribution in [-0.4, -0.2) is 40.6 Å². The lowest BCUT2D eigenvalue weighted by molar-refractivity contribution is 0.862. The molecule has 2 aromatic heterocycles. The highest BCUT2D eigenvalue weighted by Gasteiger charge is 2.09. The van der Waals surface area contributed by atoms with Crippen LogP contribution in [0.2, 0.25) is 5.02 Å². The highest BCUT2D eigenvalue weighted by Crippen LogP contribution is 2.25. The highest BCUT2D eigenvalue weighted by molar-refractivity contribution is 7.99. The van der Waals surface area contributed by atoms with E-state index < -0.39 is 0 Å². The maximum absolute atomic E-state index is 5.82. The molecule has 8 heteroatoms. The molecule has 2 heterocycles. The monoisotopic (exact) mass is 310 g/mol. The molecule has 0 radical (unpaired) electrons. The fraction of sp³-hybridized carbons (Fsp3) is 0.333. The Hall–Kier alpha value is -1.60. The van der Waals surface area contributed by atoms with E-state index in [1.54, 1.807) is 12.3 Å². The zero-order valence-corrected chi connectivity index (χ0v) is 13.0. The molecule has 106 valence electrons. The lowest BCUT2D eigenvalue weighted by atomic mass is 10.5. The van der Waals surface area contributed by atoms with Crippen molar-refractivity contribution in [2.75, 3.05) is 30.9 Å². The molecule has 0 amide bonds. The number of rotatable bonds is 5. The molecule has 0 unspecified atom stereocenters. The lowest BCUT2D eigenvalue weighted by Crippen LogP contribution is -2.15. The Morgan fingerprint density at radius 3 is 2.65 bits per heavy atom. The van der Waals surface area contributed by atoms with Gasteiger partial charge >= 0.3 is 0 Å². The summed E-state index contributed by atoms with van der Waals surface area (Å²) in [6.07, 6.45) is 1.60. The second-order valence-corrected chi connectivity index (χ2v) is 5.51. The Kier molecular flexibility index (Phi) is 4.97. The summed E-state index contributed by atoms with van der Waals surface area (Å²) in [4.78, 5) is 19.1. The van der Waals surface area contributed by atoms with Crippen LogP contribution in [0.1, 0.15) is 6.92 Å². The van der Waals surface area contributed by atoms with Crippen molar-refractivity contribution in [3.05, 3.63) is 23.4 Å². The van der Waals surface area contributed by atoms with Gasteiger partial charge in [-0.2, -0.15) is 15.0 Å². The van der Waals surface area contributed by atoms with Gasteiger partial charge in [0, 0.05) is 26.8 Å². The molecule has 6 nitrogen and oxygen atoms in total. The Morgan fingerprint density at radius 1 is 1.25 bits per heavy atom. The molecular weight excluding hydrogens is 296 g/mol. The normalized spacial score (nSPS) is 10.4. The van der Waals surface area contributed by atoms with E-state index in [2.05, 4.69) is 25.3 Å². The quantitative estimate of drug-likeness (QED) is 0.910. The summed E-state index contributed by atoms with van der Waals surface area (Å²) in [6, 6.07) is 3.62. The Bertz CT molecular complexity index is 575. The molecule has 0 aliphatic heterocycles. The van der Waals surface area contributed by atoms with Crippen molar-refractivity contribution >= 4 is 35.3 Å². The zero-order chi connectivity index (χ0) is 14.5. The first-order valence-corrected chi connectivity index (χ1v) is 7.24. The van der Waals surface area contributed by atoms with Crippen molar-refractivity contribution < 1.29 is 0 Å². The van der Waals surface area contributed by atoms with Gasteiger partial charge in [-0.1, -0.05) is 11.6 Å². The first-order valence-electron chi connectivity index (χ1n) is 6.05. The number of halogens is 1. The van der Waals surface area contributed by atoms with Gasteiger partial charge < -0.3 is 10.2 Å². The van der Waals surface area contributed by atoms with Crippen LogP contribution in [-0.2, 0) is 0 Å². The summed E-state index contributed by atoms with van der Waals surface area (Å²) in [5, 5.41) is 5.08. The molecule has 0 aliphatic rings. The van der Waals surface area contributed by atoms with E-state index in [1.165, 1.54) is 11.8 Å². The predicted octanol–water partition coefficient (Wildman–Crippen LogP) is 2.57. The standard InChI is InChI=1S/C12H15ClN6S/c1-4-14-10-16-11(19(2)3)18-12(17-10)20-9-6-5-8(13)7-15-9/h5-7H,4H2,1-3H3,(H,14,16,17,18). The minimum Gasteiger partial charge on any atom is -0.354 e. The summed E-state index contributed by atoms with van der Waals surface area (Å²) in [6.45, 7) is 2.74. The average Bonchev–Trinajstić information content (AvgIpc) is 2.41. The molecule has 2 aromatic rings. The van der Waals surface area contributed by atoms with Crippen LogP contribution in [0.5, 0.6) is 0 Å². The minimum absolute atomic E-state index is 0.558. The van der Waals surface area contributed by atoms with E-state index in [4.69, 9.17) is 11.6 Å². The SMILES string of the molecule is CCNc1nc(Sc2ccc(Cl)cn2)nc(N(C)C)n1. The van der Waals surface area contributed by atoms with Crippen LogP contribution in [0.15, 0.2) is 28.5 Å². The van der Waals surface area contributed by atoms with Crippen molar-refractivity contribution in [1.82, 2.24) is 19.9 Å². The van der Waals surface area contributed by atoms with Gasteiger partial charge in [0.1, 0.15) is 5.03 Å². The number of aromatic nitrogens is 4. The number of hydrogen-bond acceptors (Lipinski definition) is 7. The fourth-order valence-electron chi connectivity index (χ4n) is 1.34. The van der Waals surface area contributed by atoms with Gasteiger partial charge in [0.25, 0.3) is 0 Å². The largest absolute Gasteiger partial charge is 0.354 e. The van der Waals surface area contributed by atoms with Crippen LogP contribution in [0, 0.1) is 0 Å². The molecule has 0 fully saturated rings. The fourth-order valence-corrected chi connectivity index (χ4v) is 2.14. The second kappa shape index (κ2) is 6.71. The van der Waals surface area contributed by atoms with Crippen LogP contribution in [0.25, 0.3) is 0 Å². The maximum atomic E-state index is 5.82. The van der Waals surface area contributed by atoms with Crippen LogP contribution < -0.4 is 10.2 Å². The number of anilines is 2. The van der Waals surface area contributed by atoms with Gasteiger partial charge in [-0.3, -0.25) is 0 Å². The van der Waals surface area contributed by atoms with E-state index in [0.717, 1.165) is 11.6 Å². The highest BCUT2D eigenvalue weighted by atomic mass is 35.5. The molecule has 0 aromatic carbocycles. The summed E-state index contributed by atoms with van der Waals surface area (Å²) in [5.74, 6) is 1.16. The van der Waals surface area contributed by atoms with Gasteiger partial charge in [-0.05, 0) is 30.8 Å².